The molecule has 2 nitrogen and oxygen atoms in total. The second kappa shape index (κ2) is 3.65. The first-order chi connectivity index (χ1) is 5.75. The molecule has 0 saturated heterocycles. The van der Waals surface area contributed by atoms with Gasteiger partial charge in [0.05, 0.1) is 6.08 Å². The molecule has 0 spiro atoms. The topological polar surface area (TPSA) is 34.1 Å². The molecule has 0 aromatic heterocycles. The molecule has 0 aliphatic carbocycles. The van der Waals surface area contributed by atoms with Crippen LogP contribution in [0.15, 0.2) is 30.3 Å². The first-order valence-electron chi connectivity index (χ1n) is 3.56. The maximum absolute atomic E-state index is 11.1. The van der Waals surface area contributed by atoms with Gasteiger partial charge in [0.1, 0.15) is 5.94 Å². The number of allylic oxidation sites excluding steroid dienone is 1. The van der Waals surface area contributed by atoms with Gasteiger partial charge in [0, 0.05) is 5.56 Å². The Morgan fingerprint density at radius 2 is 2.08 bits per heavy atom. The molecular formula is C10H8O2. The van der Waals surface area contributed by atoms with E-state index in [1.807, 2.05) is 19.1 Å². The Labute approximate surface area is 70.5 Å². The van der Waals surface area contributed by atoms with Crippen LogP contribution in [0, 0.1) is 6.92 Å². The highest BCUT2D eigenvalue weighted by Crippen LogP contribution is 2.07. The Hall–Kier alpha value is -1.66. The SMILES string of the molecule is Cc1ccccc1C(=O)C=C=O. The van der Waals surface area contributed by atoms with Crippen molar-refractivity contribution >= 4 is 11.7 Å². The first-order valence-corrected chi connectivity index (χ1v) is 3.56. The molecule has 12 heavy (non-hydrogen) atoms. The Balaban J connectivity index is 3.11. The van der Waals surface area contributed by atoms with Crippen molar-refractivity contribution in [2.45, 2.75) is 6.92 Å². The minimum Gasteiger partial charge on any atom is -0.288 e. The molecule has 0 fully saturated rings. The zero-order valence-corrected chi connectivity index (χ0v) is 6.70. The van der Waals surface area contributed by atoms with Gasteiger partial charge in [-0.1, -0.05) is 24.3 Å². The van der Waals surface area contributed by atoms with E-state index < -0.39 is 0 Å². The van der Waals surface area contributed by atoms with Crippen LogP contribution in [0.2, 0.25) is 0 Å². The molecule has 0 radical (unpaired) electrons. The van der Waals surface area contributed by atoms with E-state index in [4.69, 9.17) is 0 Å². The van der Waals surface area contributed by atoms with E-state index in [1.54, 1.807) is 12.1 Å². The van der Waals surface area contributed by atoms with Crippen molar-refractivity contribution in [2.24, 2.45) is 0 Å². The Kier molecular flexibility index (Phi) is 2.57. The van der Waals surface area contributed by atoms with Gasteiger partial charge in [-0.25, -0.2) is 4.79 Å². The number of benzene rings is 1. The molecule has 1 aromatic rings. The summed E-state index contributed by atoms with van der Waals surface area (Å²) in [4.78, 5) is 21.0. The van der Waals surface area contributed by atoms with Crippen LogP contribution in [0.3, 0.4) is 0 Å². The molecular weight excluding hydrogens is 152 g/mol. The average Bonchev–Trinajstić information content (AvgIpc) is 2.05. The van der Waals surface area contributed by atoms with Gasteiger partial charge in [-0.2, -0.15) is 0 Å². The second-order valence-corrected chi connectivity index (χ2v) is 2.44. The van der Waals surface area contributed by atoms with E-state index in [0.29, 0.717) is 5.56 Å². The van der Waals surface area contributed by atoms with Gasteiger partial charge < -0.3 is 0 Å². The lowest BCUT2D eigenvalue weighted by molar-refractivity contribution is 0.104. The van der Waals surface area contributed by atoms with Crippen LogP contribution in [0.1, 0.15) is 15.9 Å². The van der Waals surface area contributed by atoms with Gasteiger partial charge >= 0.3 is 0 Å². The van der Waals surface area contributed by atoms with Crippen molar-refractivity contribution in [1.82, 2.24) is 0 Å². The highest BCUT2D eigenvalue weighted by atomic mass is 16.1. The van der Waals surface area contributed by atoms with Gasteiger partial charge in [-0.05, 0) is 12.5 Å². The van der Waals surface area contributed by atoms with Gasteiger partial charge in [0.15, 0.2) is 5.78 Å². The van der Waals surface area contributed by atoms with Gasteiger partial charge in [-0.15, -0.1) is 0 Å². The summed E-state index contributed by atoms with van der Waals surface area (Å²) >= 11 is 0. The quantitative estimate of drug-likeness (QED) is 0.374. The van der Waals surface area contributed by atoms with Crippen LogP contribution in [0.5, 0.6) is 0 Å². The second-order valence-electron chi connectivity index (χ2n) is 2.44. The molecule has 0 amide bonds. The molecule has 0 heterocycles. The molecule has 1 rings (SSSR count). The molecule has 0 saturated carbocycles. The summed E-state index contributed by atoms with van der Waals surface area (Å²) in [6.07, 6.45) is 0.905. The Morgan fingerprint density at radius 1 is 1.42 bits per heavy atom. The fourth-order valence-corrected chi connectivity index (χ4v) is 0.981. The lowest BCUT2D eigenvalue weighted by atomic mass is 10.1. The summed E-state index contributed by atoms with van der Waals surface area (Å²) in [6.45, 7) is 1.83. The summed E-state index contributed by atoms with van der Waals surface area (Å²) < 4.78 is 0. The van der Waals surface area contributed by atoms with E-state index >= 15 is 0 Å². The zero-order valence-electron chi connectivity index (χ0n) is 6.70. The van der Waals surface area contributed by atoms with E-state index in [-0.39, 0.29) is 5.78 Å². The van der Waals surface area contributed by atoms with Crippen LogP contribution in [0.4, 0.5) is 0 Å². The smallest absolute Gasteiger partial charge is 0.197 e. The predicted molar refractivity (Wildman–Crippen MR) is 45.8 cm³/mol. The molecule has 60 valence electrons. The lowest BCUT2D eigenvalue weighted by Gasteiger charge is -1.97. The number of hydrogen-bond donors (Lipinski definition) is 0. The lowest BCUT2D eigenvalue weighted by Crippen LogP contribution is -1.96. The predicted octanol–water partition coefficient (Wildman–Crippen LogP) is 1.57. The van der Waals surface area contributed by atoms with Gasteiger partial charge in [0.25, 0.3) is 0 Å². The van der Waals surface area contributed by atoms with Crippen molar-refractivity contribution in [3.05, 3.63) is 41.5 Å². The van der Waals surface area contributed by atoms with Crippen LogP contribution < -0.4 is 0 Å². The highest BCUT2D eigenvalue weighted by molar-refractivity contribution is 6.09. The number of rotatable bonds is 2. The van der Waals surface area contributed by atoms with Crippen LogP contribution >= 0.6 is 0 Å². The monoisotopic (exact) mass is 160 g/mol. The van der Waals surface area contributed by atoms with Crippen LogP contribution in [-0.4, -0.2) is 11.7 Å². The normalized spacial score (nSPS) is 8.75. The van der Waals surface area contributed by atoms with E-state index in [9.17, 15) is 9.59 Å². The van der Waals surface area contributed by atoms with Crippen LogP contribution in [-0.2, 0) is 4.79 Å². The number of carbonyl (C=O) groups excluding carboxylic acids is 2. The molecule has 0 bridgehead atoms. The fraction of sp³-hybridized carbons (Fsp3) is 0.100. The third-order valence-corrected chi connectivity index (χ3v) is 1.60. The van der Waals surface area contributed by atoms with E-state index in [1.165, 1.54) is 5.94 Å². The van der Waals surface area contributed by atoms with Crippen molar-refractivity contribution in [3.63, 3.8) is 0 Å². The Morgan fingerprint density at radius 3 is 2.67 bits per heavy atom. The minimum absolute atomic E-state index is 0.289. The molecule has 0 aliphatic rings. The summed E-state index contributed by atoms with van der Waals surface area (Å²) in [5, 5.41) is 0. The minimum atomic E-state index is -0.289. The average molecular weight is 160 g/mol. The van der Waals surface area contributed by atoms with Gasteiger partial charge in [-0.3, -0.25) is 4.79 Å². The zero-order chi connectivity index (χ0) is 8.97. The Bertz CT molecular complexity index is 347. The van der Waals surface area contributed by atoms with Crippen LogP contribution in [0.25, 0.3) is 0 Å². The largest absolute Gasteiger partial charge is 0.288 e. The number of carbonyl (C=O) groups is 1. The fourth-order valence-electron chi connectivity index (χ4n) is 0.981. The highest BCUT2D eigenvalue weighted by Gasteiger charge is 2.03. The third-order valence-electron chi connectivity index (χ3n) is 1.60. The molecule has 0 unspecified atom stereocenters. The van der Waals surface area contributed by atoms with Crippen molar-refractivity contribution in [2.75, 3.05) is 0 Å². The van der Waals surface area contributed by atoms with Crippen molar-refractivity contribution < 1.29 is 9.59 Å². The molecule has 2 heteroatoms. The maximum atomic E-state index is 11.1. The number of ketones is 1. The van der Waals surface area contributed by atoms with E-state index in [0.717, 1.165) is 11.6 Å². The molecule has 0 aliphatic heterocycles. The molecule has 1 aromatic carbocycles. The third kappa shape index (κ3) is 1.68. The maximum Gasteiger partial charge on any atom is 0.197 e. The number of aryl methyl sites for hydroxylation is 1. The molecule has 0 N–H and O–H groups in total. The summed E-state index contributed by atoms with van der Waals surface area (Å²) in [7, 11) is 0. The number of hydrogen-bond acceptors (Lipinski definition) is 2. The summed E-state index contributed by atoms with van der Waals surface area (Å²) in [6, 6.07) is 7.12. The van der Waals surface area contributed by atoms with Crippen molar-refractivity contribution in [1.29, 1.82) is 0 Å². The summed E-state index contributed by atoms with van der Waals surface area (Å²) in [5.74, 6) is 1.18. The van der Waals surface area contributed by atoms with E-state index in [2.05, 4.69) is 0 Å². The first kappa shape index (κ1) is 8.44. The van der Waals surface area contributed by atoms with Gasteiger partial charge in [0.2, 0.25) is 0 Å². The molecule has 0 atom stereocenters. The summed E-state index contributed by atoms with van der Waals surface area (Å²) in [5.41, 5.74) is 1.43. The van der Waals surface area contributed by atoms with Crippen molar-refractivity contribution in [3.8, 4) is 0 Å². The standard InChI is InChI=1S/C10H8O2/c1-8-4-2-3-5-9(8)10(12)6-7-11/h2-6H,1H3.